The minimum Gasteiger partial charge on any atom is -0.465 e. The standard InChI is InChI=1S/C14H25N3O/c1-3-4-16-5-7-17(8-6-16)11-14-9-13(10-15)12(2)18-14/h9H,3-8,10-11,15H2,1-2H3. The van der Waals surface area contributed by atoms with E-state index in [9.17, 15) is 0 Å². The summed E-state index contributed by atoms with van der Waals surface area (Å²) in [5.41, 5.74) is 6.80. The minimum atomic E-state index is 0.569. The molecule has 2 N–H and O–H groups in total. The molecule has 4 heteroatoms. The average molecular weight is 251 g/mol. The molecule has 2 rings (SSSR count). The van der Waals surface area contributed by atoms with Crippen LogP contribution in [-0.2, 0) is 13.1 Å². The van der Waals surface area contributed by atoms with Gasteiger partial charge >= 0.3 is 0 Å². The molecule has 0 atom stereocenters. The molecular weight excluding hydrogens is 226 g/mol. The van der Waals surface area contributed by atoms with E-state index in [4.69, 9.17) is 10.2 Å². The number of nitrogens with zero attached hydrogens (tertiary/aromatic N) is 2. The molecule has 0 bridgehead atoms. The van der Waals surface area contributed by atoms with E-state index < -0.39 is 0 Å². The van der Waals surface area contributed by atoms with Crippen molar-refractivity contribution in [3.05, 3.63) is 23.2 Å². The molecule has 1 aromatic heterocycles. The molecule has 0 unspecified atom stereocenters. The van der Waals surface area contributed by atoms with E-state index in [0.29, 0.717) is 6.54 Å². The Kier molecular flexibility index (Phi) is 4.80. The highest BCUT2D eigenvalue weighted by Crippen LogP contribution is 2.16. The highest BCUT2D eigenvalue weighted by atomic mass is 16.3. The van der Waals surface area contributed by atoms with Crippen molar-refractivity contribution in [1.82, 2.24) is 9.80 Å². The Balaban J connectivity index is 1.83. The summed E-state index contributed by atoms with van der Waals surface area (Å²) < 4.78 is 5.75. The number of furan rings is 1. The van der Waals surface area contributed by atoms with Crippen LogP contribution >= 0.6 is 0 Å². The maximum atomic E-state index is 5.75. The molecule has 4 nitrogen and oxygen atoms in total. The van der Waals surface area contributed by atoms with Gasteiger partial charge in [-0.1, -0.05) is 6.92 Å². The molecule has 0 aromatic carbocycles. The van der Waals surface area contributed by atoms with Crippen LogP contribution < -0.4 is 5.73 Å². The zero-order valence-corrected chi connectivity index (χ0v) is 11.6. The summed E-state index contributed by atoms with van der Waals surface area (Å²) in [6.45, 7) is 11.6. The second kappa shape index (κ2) is 6.36. The molecule has 0 aliphatic carbocycles. The lowest BCUT2D eigenvalue weighted by atomic mass is 10.2. The Morgan fingerprint density at radius 1 is 1.22 bits per heavy atom. The molecule has 1 aliphatic rings. The van der Waals surface area contributed by atoms with Crippen LogP contribution in [0.15, 0.2) is 10.5 Å². The van der Waals surface area contributed by atoms with E-state index >= 15 is 0 Å². The first-order valence-corrected chi connectivity index (χ1v) is 6.96. The third-order valence-corrected chi connectivity index (χ3v) is 3.68. The molecular formula is C14H25N3O. The number of hydrogen-bond donors (Lipinski definition) is 1. The van der Waals surface area contributed by atoms with Gasteiger partial charge < -0.3 is 15.1 Å². The first-order valence-electron chi connectivity index (χ1n) is 6.96. The van der Waals surface area contributed by atoms with E-state index in [-0.39, 0.29) is 0 Å². The molecule has 1 aliphatic heterocycles. The van der Waals surface area contributed by atoms with Crippen molar-refractivity contribution in [2.45, 2.75) is 33.4 Å². The number of nitrogens with two attached hydrogens (primary N) is 1. The Labute approximate surface area is 110 Å². The number of aryl methyl sites for hydroxylation is 1. The van der Waals surface area contributed by atoms with Gasteiger partial charge in [-0.3, -0.25) is 4.90 Å². The third kappa shape index (κ3) is 3.34. The maximum absolute atomic E-state index is 5.75. The van der Waals surface area contributed by atoms with E-state index in [1.54, 1.807) is 0 Å². The summed E-state index contributed by atoms with van der Waals surface area (Å²) in [7, 11) is 0. The highest BCUT2D eigenvalue weighted by molar-refractivity contribution is 5.20. The fraction of sp³-hybridized carbons (Fsp3) is 0.714. The molecule has 0 spiro atoms. The maximum Gasteiger partial charge on any atom is 0.118 e. The van der Waals surface area contributed by atoms with Gasteiger partial charge in [-0.25, -0.2) is 0 Å². The van der Waals surface area contributed by atoms with Gasteiger partial charge in [0, 0.05) is 38.3 Å². The number of rotatable bonds is 5. The van der Waals surface area contributed by atoms with Crippen LogP contribution in [0, 0.1) is 6.92 Å². The molecule has 1 fully saturated rings. The van der Waals surface area contributed by atoms with Gasteiger partial charge in [-0.15, -0.1) is 0 Å². The van der Waals surface area contributed by atoms with Crippen molar-refractivity contribution in [3.63, 3.8) is 0 Å². The van der Waals surface area contributed by atoms with Crippen molar-refractivity contribution in [2.24, 2.45) is 5.73 Å². The molecule has 0 radical (unpaired) electrons. The van der Waals surface area contributed by atoms with Crippen LogP contribution in [0.3, 0.4) is 0 Å². The summed E-state index contributed by atoms with van der Waals surface area (Å²) in [5, 5.41) is 0. The topological polar surface area (TPSA) is 45.6 Å². The van der Waals surface area contributed by atoms with Crippen molar-refractivity contribution in [2.75, 3.05) is 32.7 Å². The first-order chi connectivity index (χ1) is 8.72. The summed E-state index contributed by atoms with van der Waals surface area (Å²) in [4.78, 5) is 5.00. The van der Waals surface area contributed by atoms with Gasteiger partial charge in [0.15, 0.2) is 0 Å². The molecule has 18 heavy (non-hydrogen) atoms. The van der Waals surface area contributed by atoms with Crippen molar-refractivity contribution in [3.8, 4) is 0 Å². The summed E-state index contributed by atoms with van der Waals surface area (Å²) in [6, 6.07) is 2.10. The van der Waals surface area contributed by atoms with Gasteiger partial charge in [0.25, 0.3) is 0 Å². The lowest BCUT2D eigenvalue weighted by Gasteiger charge is -2.33. The van der Waals surface area contributed by atoms with E-state index in [1.807, 2.05) is 6.92 Å². The molecule has 2 heterocycles. The predicted octanol–water partition coefficient (Wildman–Crippen LogP) is 1.57. The Hall–Kier alpha value is -0.840. The molecule has 0 saturated carbocycles. The Morgan fingerprint density at radius 3 is 2.44 bits per heavy atom. The van der Waals surface area contributed by atoms with Crippen molar-refractivity contribution < 1.29 is 4.42 Å². The SMILES string of the molecule is CCCN1CCN(Cc2cc(CN)c(C)o2)CC1. The zero-order valence-electron chi connectivity index (χ0n) is 11.6. The second-order valence-corrected chi connectivity index (χ2v) is 5.12. The lowest BCUT2D eigenvalue weighted by Crippen LogP contribution is -2.45. The van der Waals surface area contributed by atoms with Gasteiger partial charge in [0.05, 0.1) is 6.54 Å². The quantitative estimate of drug-likeness (QED) is 0.863. The molecule has 1 saturated heterocycles. The first kappa shape index (κ1) is 13.6. The summed E-state index contributed by atoms with van der Waals surface area (Å²) in [5.74, 6) is 2.02. The second-order valence-electron chi connectivity index (χ2n) is 5.12. The van der Waals surface area contributed by atoms with Gasteiger partial charge in [0.2, 0.25) is 0 Å². The van der Waals surface area contributed by atoms with Crippen LogP contribution in [-0.4, -0.2) is 42.5 Å². The molecule has 1 aromatic rings. The van der Waals surface area contributed by atoms with Crippen molar-refractivity contribution in [1.29, 1.82) is 0 Å². The number of piperazine rings is 1. The average Bonchev–Trinajstić information content (AvgIpc) is 2.72. The molecule has 102 valence electrons. The van der Waals surface area contributed by atoms with Crippen LogP contribution in [0.2, 0.25) is 0 Å². The van der Waals surface area contributed by atoms with Crippen LogP contribution in [0.1, 0.15) is 30.4 Å². The smallest absolute Gasteiger partial charge is 0.118 e. The summed E-state index contributed by atoms with van der Waals surface area (Å²) >= 11 is 0. The van der Waals surface area contributed by atoms with Crippen LogP contribution in [0.5, 0.6) is 0 Å². The van der Waals surface area contributed by atoms with E-state index in [1.165, 1.54) is 26.1 Å². The monoisotopic (exact) mass is 251 g/mol. The summed E-state index contributed by atoms with van der Waals surface area (Å²) in [6.07, 6.45) is 1.25. The minimum absolute atomic E-state index is 0.569. The highest BCUT2D eigenvalue weighted by Gasteiger charge is 2.17. The largest absolute Gasteiger partial charge is 0.465 e. The fourth-order valence-corrected chi connectivity index (χ4v) is 2.58. The number of hydrogen-bond acceptors (Lipinski definition) is 4. The zero-order chi connectivity index (χ0) is 13.0. The molecule has 0 amide bonds. The van der Waals surface area contributed by atoms with Crippen LogP contribution in [0.4, 0.5) is 0 Å². The third-order valence-electron chi connectivity index (χ3n) is 3.68. The van der Waals surface area contributed by atoms with Crippen molar-refractivity contribution >= 4 is 0 Å². The van der Waals surface area contributed by atoms with Gasteiger partial charge in [-0.2, -0.15) is 0 Å². The normalized spacial score (nSPS) is 18.4. The van der Waals surface area contributed by atoms with Gasteiger partial charge in [-0.05, 0) is 26.0 Å². The van der Waals surface area contributed by atoms with E-state index in [0.717, 1.165) is 36.7 Å². The fourth-order valence-electron chi connectivity index (χ4n) is 2.58. The van der Waals surface area contributed by atoms with Gasteiger partial charge in [0.1, 0.15) is 11.5 Å². The lowest BCUT2D eigenvalue weighted by molar-refractivity contribution is 0.121. The van der Waals surface area contributed by atoms with Crippen LogP contribution in [0.25, 0.3) is 0 Å². The Bertz CT molecular complexity index is 367. The predicted molar refractivity (Wildman–Crippen MR) is 73.3 cm³/mol. The van der Waals surface area contributed by atoms with E-state index in [2.05, 4.69) is 22.8 Å². The Morgan fingerprint density at radius 2 is 1.89 bits per heavy atom.